The van der Waals surface area contributed by atoms with Crippen molar-refractivity contribution in [2.45, 2.75) is 64.5 Å². The van der Waals surface area contributed by atoms with Gasteiger partial charge >= 0.3 is 0 Å². The van der Waals surface area contributed by atoms with Crippen LogP contribution in [0.1, 0.15) is 50.7 Å². The second-order valence-electron chi connectivity index (χ2n) is 6.62. The van der Waals surface area contributed by atoms with Crippen LogP contribution in [0.5, 0.6) is 0 Å². The zero-order valence-corrected chi connectivity index (χ0v) is 15.6. The first-order valence-electron chi connectivity index (χ1n) is 9.54. The molecule has 25 heavy (non-hydrogen) atoms. The smallest absolute Gasteiger partial charge is 0.0898 e. The Bertz CT molecular complexity index is 587. The van der Waals surface area contributed by atoms with Gasteiger partial charge in [-0.05, 0) is 36.8 Å². The molecule has 2 aromatic rings. The Morgan fingerprint density at radius 1 is 0.680 bits per heavy atom. The highest BCUT2D eigenvalue weighted by Crippen LogP contribution is 2.12. The van der Waals surface area contributed by atoms with Crippen molar-refractivity contribution in [3.05, 3.63) is 71.8 Å². The van der Waals surface area contributed by atoms with Gasteiger partial charge in [0.05, 0.1) is 18.1 Å². The van der Waals surface area contributed by atoms with Crippen molar-refractivity contribution in [2.75, 3.05) is 0 Å². The Labute approximate surface area is 152 Å². The molecule has 2 aromatic carbocycles. The first kappa shape index (κ1) is 19.1. The van der Waals surface area contributed by atoms with E-state index in [4.69, 9.17) is 0 Å². The molecule has 0 fully saturated rings. The van der Waals surface area contributed by atoms with Crippen molar-refractivity contribution in [2.24, 2.45) is 9.98 Å². The van der Waals surface area contributed by atoms with Gasteiger partial charge in [-0.2, -0.15) is 0 Å². The van der Waals surface area contributed by atoms with Crippen LogP contribution in [0, 0.1) is 0 Å². The molecule has 0 bridgehead atoms. The molecular formula is C23H30N2. The van der Waals surface area contributed by atoms with E-state index in [-0.39, 0.29) is 12.1 Å². The first-order valence-corrected chi connectivity index (χ1v) is 9.54. The Kier molecular flexibility index (Phi) is 8.72. The number of rotatable bonds is 10. The summed E-state index contributed by atoms with van der Waals surface area (Å²) in [7, 11) is 0. The van der Waals surface area contributed by atoms with Gasteiger partial charge in [0.25, 0.3) is 0 Å². The number of hydrogen-bond acceptors (Lipinski definition) is 2. The molecule has 2 atom stereocenters. The van der Waals surface area contributed by atoms with E-state index in [1.807, 2.05) is 0 Å². The standard InChI is InChI=1S/C23H30N2/c1-3-11-22(17-20-13-7-5-8-14-20)24-19-25-23(12-4-2)18-21-15-9-6-10-16-21/h5-10,13-16,22-23H,3-4,11-12,17-18H2,1-2H3. The summed E-state index contributed by atoms with van der Waals surface area (Å²) in [6.07, 6.45) is 6.35. The highest BCUT2D eigenvalue weighted by molar-refractivity contribution is 5.42. The van der Waals surface area contributed by atoms with Crippen molar-refractivity contribution in [3.8, 4) is 0 Å². The summed E-state index contributed by atoms with van der Waals surface area (Å²) in [4.78, 5) is 9.31. The van der Waals surface area contributed by atoms with Crippen molar-refractivity contribution in [1.82, 2.24) is 0 Å². The van der Waals surface area contributed by atoms with E-state index in [2.05, 4.69) is 90.5 Å². The molecular weight excluding hydrogens is 304 g/mol. The van der Waals surface area contributed by atoms with Crippen molar-refractivity contribution >= 4 is 6.01 Å². The van der Waals surface area contributed by atoms with Crippen LogP contribution in [0.3, 0.4) is 0 Å². The lowest BCUT2D eigenvalue weighted by Crippen LogP contribution is -2.10. The summed E-state index contributed by atoms with van der Waals surface area (Å²) in [6.45, 7) is 4.42. The Morgan fingerprint density at radius 3 is 1.44 bits per heavy atom. The minimum atomic E-state index is 0.273. The average Bonchev–Trinajstić information content (AvgIpc) is 2.64. The molecule has 0 N–H and O–H groups in total. The molecule has 0 aliphatic heterocycles. The maximum absolute atomic E-state index is 4.66. The van der Waals surface area contributed by atoms with E-state index in [1.54, 1.807) is 0 Å². The minimum Gasteiger partial charge on any atom is -0.222 e. The average molecular weight is 335 g/mol. The third-order valence-electron chi connectivity index (χ3n) is 4.35. The normalized spacial score (nSPS) is 12.9. The van der Waals surface area contributed by atoms with Gasteiger partial charge < -0.3 is 0 Å². The second-order valence-corrected chi connectivity index (χ2v) is 6.62. The molecule has 0 saturated heterocycles. The summed E-state index contributed by atoms with van der Waals surface area (Å²) in [6, 6.07) is 24.8. The molecule has 0 aliphatic carbocycles. The molecule has 2 unspecified atom stereocenters. The molecule has 0 saturated carbocycles. The van der Waals surface area contributed by atoms with E-state index in [1.165, 1.54) is 11.1 Å². The van der Waals surface area contributed by atoms with E-state index in [9.17, 15) is 0 Å². The van der Waals surface area contributed by atoms with Crippen LogP contribution in [0.4, 0.5) is 0 Å². The number of aliphatic imine (C=N–C) groups is 2. The number of hydrogen-bond donors (Lipinski definition) is 0. The topological polar surface area (TPSA) is 24.7 Å². The molecule has 2 rings (SSSR count). The number of nitrogens with zero attached hydrogens (tertiary/aromatic N) is 2. The lowest BCUT2D eigenvalue weighted by Gasteiger charge is -2.11. The summed E-state index contributed by atoms with van der Waals surface area (Å²) in [5, 5.41) is 0. The molecule has 0 amide bonds. The highest BCUT2D eigenvalue weighted by atomic mass is 14.9. The second kappa shape index (κ2) is 11.4. The molecule has 0 aliphatic rings. The molecule has 2 nitrogen and oxygen atoms in total. The molecule has 0 spiro atoms. The van der Waals surface area contributed by atoms with Crippen LogP contribution in [0.15, 0.2) is 70.6 Å². The fraction of sp³-hybridized carbons (Fsp3) is 0.435. The summed E-state index contributed by atoms with van der Waals surface area (Å²) in [5.41, 5.74) is 2.67. The largest absolute Gasteiger partial charge is 0.222 e. The van der Waals surface area contributed by atoms with Crippen molar-refractivity contribution in [3.63, 3.8) is 0 Å². The van der Waals surface area contributed by atoms with Crippen LogP contribution in [-0.4, -0.2) is 18.1 Å². The van der Waals surface area contributed by atoms with Crippen LogP contribution in [-0.2, 0) is 12.8 Å². The predicted octanol–water partition coefficient (Wildman–Crippen LogP) is 5.98. The van der Waals surface area contributed by atoms with Gasteiger partial charge in [-0.3, -0.25) is 0 Å². The van der Waals surface area contributed by atoms with Gasteiger partial charge in [0.15, 0.2) is 0 Å². The third-order valence-corrected chi connectivity index (χ3v) is 4.35. The van der Waals surface area contributed by atoms with E-state index >= 15 is 0 Å². The van der Waals surface area contributed by atoms with Crippen LogP contribution >= 0.6 is 0 Å². The molecule has 0 aromatic heterocycles. The van der Waals surface area contributed by atoms with Crippen LogP contribution < -0.4 is 0 Å². The predicted molar refractivity (Wildman–Crippen MR) is 108 cm³/mol. The van der Waals surface area contributed by atoms with E-state index in [0.717, 1.165) is 38.5 Å². The Hall–Kier alpha value is -2.18. The van der Waals surface area contributed by atoms with Gasteiger partial charge in [-0.25, -0.2) is 9.98 Å². The van der Waals surface area contributed by atoms with Crippen LogP contribution in [0.2, 0.25) is 0 Å². The highest BCUT2D eigenvalue weighted by Gasteiger charge is 2.08. The van der Waals surface area contributed by atoms with Gasteiger partial charge in [-0.1, -0.05) is 87.4 Å². The zero-order valence-electron chi connectivity index (χ0n) is 15.6. The zero-order chi connectivity index (χ0) is 17.7. The van der Waals surface area contributed by atoms with Crippen molar-refractivity contribution < 1.29 is 0 Å². The summed E-state index contributed by atoms with van der Waals surface area (Å²) < 4.78 is 0. The quantitative estimate of drug-likeness (QED) is 0.477. The molecule has 0 radical (unpaired) electrons. The van der Waals surface area contributed by atoms with E-state index in [0.29, 0.717) is 0 Å². The fourth-order valence-electron chi connectivity index (χ4n) is 3.06. The monoisotopic (exact) mass is 334 g/mol. The molecule has 132 valence electrons. The maximum Gasteiger partial charge on any atom is 0.0898 e. The SMILES string of the molecule is CCCC(Cc1ccccc1)N=C=NC(CCC)Cc1ccccc1. The van der Waals surface area contributed by atoms with Crippen molar-refractivity contribution in [1.29, 1.82) is 0 Å². The van der Waals surface area contributed by atoms with Gasteiger partial charge in [-0.15, -0.1) is 0 Å². The van der Waals surface area contributed by atoms with Gasteiger partial charge in [0, 0.05) is 0 Å². The maximum atomic E-state index is 4.66. The van der Waals surface area contributed by atoms with Gasteiger partial charge in [0.2, 0.25) is 0 Å². The third kappa shape index (κ3) is 7.49. The summed E-state index contributed by atoms with van der Waals surface area (Å²) >= 11 is 0. The van der Waals surface area contributed by atoms with Gasteiger partial charge in [0.1, 0.15) is 0 Å². The van der Waals surface area contributed by atoms with Crippen LogP contribution in [0.25, 0.3) is 0 Å². The fourth-order valence-corrected chi connectivity index (χ4v) is 3.06. The Morgan fingerprint density at radius 2 is 1.08 bits per heavy atom. The molecule has 0 heterocycles. The summed E-state index contributed by atoms with van der Waals surface area (Å²) in [5.74, 6) is 0. The van der Waals surface area contributed by atoms with E-state index < -0.39 is 0 Å². The molecule has 2 heteroatoms. The first-order chi connectivity index (χ1) is 12.3. The lowest BCUT2D eigenvalue weighted by atomic mass is 10.0. The number of benzene rings is 2. The Balaban J connectivity index is 2.02. The minimum absolute atomic E-state index is 0.273. The lowest BCUT2D eigenvalue weighted by molar-refractivity contribution is 0.593.